The molecule has 3 nitrogen and oxygen atoms in total. The number of carboxylic acids is 1. The summed E-state index contributed by atoms with van der Waals surface area (Å²) in [6, 6.07) is 10.2. The highest BCUT2D eigenvalue weighted by molar-refractivity contribution is 7.16. The Hall–Kier alpha value is -1.52. The van der Waals surface area contributed by atoms with Crippen LogP contribution in [0, 0.1) is 0 Å². The summed E-state index contributed by atoms with van der Waals surface area (Å²) >= 11 is 7.21. The second-order valence-electron chi connectivity index (χ2n) is 3.30. The second kappa shape index (κ2) is 5.21. The van der Waals surface area contributed by atoms with Crippen molar-refractivity contribution in [3.05, 3.63) is 51.2 Å². The molecular weight excluding hydrogens is 260 g/mol. The molecule has 2 aromatic rings. The predicted molar refractivity (Wildman–Crippen MR) is 67.1 cm³/mol. The molecule has 0 saturated carbocycles. The van der Waals surface area contributed by atoms with Crippen LogP contribution in [-0.4, -0.2) is 11.1 Å². The van der Waals surface area contributed by atoms with Gasteiger partial charge in [-0.05, 0) is 24.3 Å². The Balaban J connectivity index is 2.11. The lowest BCUT2D eigenvalue weighted by atomic mass is 10.2. The van der Waals surface area contributed by atoms with E-state index in [4.69, 9.17) is 21.4 Å². The minimum absolute atomic E-state index is 0.162. The van der Waals surface area contributed by atoms with Gasteiger partial charge >= 0.3 is 5.97 Å². The van der Waals surface area contributed by atoms with Crippen molar-refractivity contribution in [1.82, 2.24) is 0 Å². The number of rotatable bonds is 4. The molecule has 0 aliphatic carbocycles. The van der Waals surface area contributed by atoms with Crippen molar-refractivity contribution in [1.29, 1.82) is 0 Å². The number of hydrogen-bond donors (Lipinski definition) is 1. The van der Waals surface area contributed by atoms with Gasteiger partial charge in [-0.15, -0.1) is 11.3 Å². The van der Waals surface area contributed by atoms with Crippen LogP contribution in [0.4, 0.5) is 0 Å². The van der Waals surface area contributed by atoms with Crippen molar-refractivity contribution < 1.29 is 14.6 Å². The summed E-state index contributed by atoms with van der Waals surface area (Å²) in [6.45, 7) is 0.321. The number of para-hydroxylation sites is 1. The SMILES string of the molecule is O=C(O)c1ccccc1OCc1ccc(Cl)s1. The molecule has 0 atom stereocenters. The van der Waals surface area contributed by atoms with Crippen LogP contribution in [0.5, 0.6) is 5.75 Å². The normalized spacial score (nSPS) is 10.2. The number of hydrogen-bond acceptors (Lipinski definition) is 3. The monoisotopic (exact) mass is 268 g/mol. The third-order valence-corrected chi connectivity index (χ3v) is 3.32. The molecule has 0 aliphatic heterocycles. The third-order valence-electron chi connectivity index (χ3n) is 2.12. The minimum atomic E-state index is -0.996. The summed E-state index contributed by atoms with van der Waals surface area (Å²) in [4.78, 5) is 11.9. The van der Waals surface area contributed by atoms with E-state index in [-0.39, 0.29) is 5.56 Å². The second-order valence-corrected chi connectivity index (χ2v) is 5.10. The number of thiophene rings is 1. The van der Waals surface area contributed by atoms with Crippen LogP contribution in [0.15, 0.2) is 36.4 Å². The quantitative estimate of drug-likeness (QED) is 0.920. The molecule has 0 saturated heterocycles. The van der Waals surface area contributed by atoms with E-state index in [1.165, 1.54) is 17.4 Å². The topological polar surface area (TPSA) is 46.5 Å². The maximum atomic E-state index is 10.9. The highest BCUT2D eigenvalue weighted by Gasteiger charge is 2.10. The van der Waals surface area contributed by atoms with Gasteiger partial charge in [-0.25, -0.2) is 4.79 Å². The Labute approximate surface area is 107 Å². The molecule has 0 unspecified atom stereocenters. The van der Waals surface area contributed by atoms with Crippen LogP contribution >= 0.6 is 22.9 Å². The van der Waals surface area contributed by atoms with Crippen LogP contribution < -0.4 is 4.74 Å². The van der Waals surface area contributed by atoms with E-state index in [1.54, 1.807) is 24.3 Å². The lowest BCUT2D eigenvalue weighted by molar-refractivity contribution is 0.0692. The standard InChI is InChI=1S/C12H9ClO3S/c13-11-6-5-8(17-11)7-16-10-4-2-1-3-9(10)12(14)15/h1-6H,7H2,(H,14,15). The van der Waals surface area contributed by atoms with E-state index >= 15 is 0 Å². The first-order chi connectivity index (χ1) is 8.16. The van der Waals surface area contributed by atoms with E-state index < -0.39 is 5.97 Å². The lowest BCUT2D eigenvalue weighted by Gasteiger charge is -2.07. The molecule has 5 heteroatoms. The van der Waals surface area contributed by atoms with E-state index in [2.05, 4.69) is 0 Å². The summed E-state index contributed by atoms with van der Waals surface area (Å²) in [5.74, 6) is -0.630. The van der Waals surface area contributed by atoms with Gasteiger partial charge in [0.2, 0.25) is 0 Å². The number of ether oxygens (including phenoxy) is 1. The number of carboxylic acid groups (broad SMARTS) is 1. The largest absolute Gasteiger partial charge is 0.487 e. The number of halogens is 1. The first kappa shape index (κ1) is 12.0. The van der Waals surface area contributed by atoms with Crippen molar-refractivity contribution >= 4 is 28.9 Å². The molecule has 0 bridgehead atoms. The zero-order valence-electron chi connectivity index (χ0n) is 8.72. The molecule has 0 fully saturated rings. The summed E-state index contributed by atoms with van der Waals surface area (Å²) < 4.78 is 6.16. The zero-order chi connectivity index (χ0) is 12.3. The van der Waals surface area contributed by atoms with Crippen LogP contribution in [0.2, 0.25) is 4.34 Å². The molecule has 0 spiro atoms. The van der Waals surface area contributed by atoms with E-state index in [0.29, 0.717) is 16.7 Å². The predicted octanol–water partition coefficient (Wildman–Crippen LogP) is 3.68. The third kappa shape index (κ3) is 2.99. The number of carbonyl (C=O) groups is 1. The summed E-state index contributed by atoms with van der Waals surface area (Å²) in [6.07, 6.45) is 0. The van der Waals surface area contributed by atoms with Gasteiger partial charge in [-0.3, -0.25) is 0 Å². The molecule has 17 heavy (non-hydrogen) atoms. The fourth-order valence-corrected chi connectivity index (χ4v) is 2.35. The Morgan fingerprint density at radius 1 is 1.29 bits per heavy atom. The molecule has 2 rings (SSSR count). The van der Waals surface area contributed by atoms with Gasteiger partial charge in [-0.2, -0.15) is 0 Å². The van der Waals surface area contributed by atoms with Gasteiger partial charge in [0, 0.05) is 4.88 Å². The average Bonchev–Trinajstić information content (AvgIpc) is 2.73. The van der Waals surface area contributed by atoms with Crippen molar-refractivity contribution in [3.8, 4) is 5.75 Å². The molecule has 88 valence electrons. The molecule has 0 amide bonds. The maximum absolute atomic E-state index is 10.9. The van der Waals surface area contributed by atoms with Crippen LogP contribution in [-0.2, 0) is 6.61 Å². The number of benzene rings is 1. The van der Waals surface area contributed by atoms with Crippen LogP contribution in [0.25, 0.3) is 0 Å². The van der Waals surface area contributed by atoms with E-state index in [0.717, 1.165) is 4.88 Å². The van der Waals surface area contributed by atoms with E-state index in [1.807, 2.05) is 6.07 Å². The van der Waals surface area contributed by atoms with Crippen molar-refractivity contribution in [3.63, 3.8) is 0 Å². The molecule has 1 heterocycles. The Bertz CT molecular complexity index is 536. The van der Waals surface area contributed by atoms with Gasteiger partial charge in [0.25, 0.3) is 0 Å². The first-order valence-electron chi connectivity index (χ1n) is 4.86. The van der Waals surface area contributed by atoms with Crippen molar-refractivity contribution in [2.45, 2.75) is 6.61 Å². The Morgan fingerprint density at radius 2 is 2.06 bits per heavy atom. The Morgan fingerprint density at radius 3 is 2.71 bits per heavy atom. The van der Waals surface area contributed by atoms with E-state index in [9.17, 15) is 4.79 Å². The first-order valence-corrected chi connectivity index (χ1v) is 6.05. The highest BCUT2D eigenvalue weighted by atomic mass is 35.5. The lowest BCUT2D eigenvalue weighted by Crippen LogP contribution is -2.02. The number of aromatic carboxylic acids is 1. The molecule has 1 N–H and O–H groups in total. The van der Waals surface area contributed by atoms with Gasteiger partial charge in [0.1, 0.15) is 17.9 Å². The van der Waals surface area contributed by atoms with Crippen LogP contribution in [0.1, 0.15) is 15.2 Å². The van der Waals surface area contributed by atoms with Crippen molar-refractivity contribution in [2.24, 2.45) is 0 Å². The minimum Gasteiger partial charge on any atom is -0.487 e. The molecular formula is C12H9ClO3S. The summed E-state index contributed by atoms with van der Waals surface area (Å²) in [7, 11) is 0. The smallest absolute Gasteiger partial charge is 0.339 e. The molecule has 1 aromatic carbocycles. The Kier molecular flexibility index (Phi) is 3.66. The van der Waals surface area contributed by atoms with Gasteiger partial charge in [0.15, 0.2) is 0 Å². The van der Waals surface area contributed by atoms with Gasteiger partial charge in [0.05, 0.1) is 4.34 Å². The summed E-state index contributed by atoms with van der Waals surface area (Å²) in [5.41, 5.74) is 0.162. The van der Waals surface area contributed by atoms with Gasteiger partial charge < -0.3 is 9.84 Å². The van der Waals surface area contributed by atoms with Crippen LogP contribution in [0.3, 0.4) is 0 Å². The average molecular weight is 269 g/mol. The fraction of sp³-hybridized carbons (Fsp3) is 0.0833. The molecule has 1 aromatic heterocycles. The maximum Gasteiger partial charge on any atom is 0.339 e. The highest BCUT2D eigenvalue weighted by Crippen LogP contribution is 2.24. The summed E-state index contributed by atoms with van der Waals surface area (Å²) in [5, 5.41) is 8.97. The van der Waals surface area contributed by atoms with Gasteiger partial charge in [-0.1, -0.05) is 23.7 Å². The fourth-order valence-electron chi connectivity index (χ4n) is 1.35. The zero-order valence-corrected chi connectivity index (χ0v) is 10.3. The van der Waals surface area contributed by atoms with Crippen molar-refractivity contribution in [2.75, 3.05) is 0 Å². The molecule has 0 aliphatic rings. The molecule has 0 radical (unpaired) electrons.